The van der Waals surface area contributed by atoms with Gasteiger partial charge < -0.3 is 4.57 Å². The van der Waals surface area contributed by atoms with Gasteiger partial charge >= 0.3 is 0 Å². The van der Waals surface area contributed by atoms with Crippen LogP contribution in [0, 0.1) is 0 Å². The lowest BCUT2D eigenvalue weighted by atomic mass is 10.3. The van der Waals surface area contributed by atoms with E-state index in [1.807, 2.05) is 0 Å². The summed E-state index contributed by atoms with van der Waals surface area (Å²) in [6, 6.07) is 5.15. The number of hydrogen-bond acceptors (Lipinski definition) is 2. The maximum atomic E-state index is 11.8. The normalized spacial score (nSPS) is 10.5. The predicted molar refractivity (Wildman–Crippen MR) is 74.5 cm³/mol. The molecule has 0 aliphatic heterocycles. The first-order valence-corrected chi connectivity index (χ1v) is 6.68. The molecule has 0 bridgehead atoms. The molecular weight excluding hydrogens is 371 g/mol. The zero-order valence-electron chi connectivity index (χ0n) is 8.53. The summed E-state index contributed by atoms with van der Waals surface area (Å²) in [5, 5.41) is 0.608. The molecule has 0 spiro atoms. The summed E-state index contributed by atoms with van der Waals surface area (Å²) in [5.41, 5.74) is 0.638. The van der Waals surface area contributed by atoms with Gasteiger partial charge in [0.2, 0.25) is 0 Å². The number of aromatic nitrogens is 2. The molecule has 0 aliphatic carbocycles. The first kappa shape index (κ1) is 12.8. The highest BCUT2D eigenvalue weighted by molar-refractivity contribution is 9.11. The van der Waals surface area contributed by atoms with Crippen LogP contribution in [-0.4, -0.2) is 9.55 Å². The van der Waals surface area contributed by atoms with E-state index in [-0.39, 0.29) is 5.56 Å². The van der Waals surface area contributed by atoms with Crippen molar-refractivity contribution in [3.8, 4) is 0 Å². The van der Waals surface area contributed by atoms with Gasteiger partial charge in [0.15, 0.2) is 0 Å². The van der Waals surface area contributed by atoms with Crippen LogP contribution in [0.2, 0.25) is 5.02 Å². The second-order valence-corrected chi connectivity index (χ2v) is 5.61. The van der Waals surface area contributed by atoms with Gasteiger partial charge in [-0.25, -0.2) is 0 Å². The largest absolute Gasteiger partial charge is 0.307 e. The lowest BCUT2D eigenvalue weighted by Crippen LogP contribution is -2.21. The zero-order valence-corrected chi connectivity index (χ0v) is 12.5. The molecule has 3 nitrogen and oxygen atoms in total. The van der Waals surface area contributed by atoms with Crippen LogP contribution in [0.15, 0.2) is 44.3 Å². The van der Waals surface area contributed by atoms with Crippen LogP contribution in [0.1, 0.15) is 5.69 Å². The smallest absolute Gasteiger partial charge is 0.265 e. The van der Waals surface area contributed by atoms with Gasteiger partial charge in [0, 0.05) is 21.9 Å². The van der Waals surface area contributed by atoms with Gasteiger partial charge in [-0.15, -0.1) is 0 Å². The molecule has 2 aromatic heterocycles. The van der Waals surface area contributed by atoms with Crippen LogP contribution >= 0.6 is 43.5 Å². The standard InChI is InChI=1S/C11H7Br2ClN2O/c12-7-3-10(13)11(17)16(5-7)6-9-4-8(14)1-2-15-9/h1-5H,6H2. The monoisotopic (exact) mass is 376 g/mol. The first-order chi connectivity index (χ1) is 8.06. The molecule has 17 heavy (non-hydrogen) atoms. The third kappa shape index (κ3) is 3.18. The molecule has 0 amide bonds. The number of halogens is 3. The summed E-state index contributed by atoms with van der Waals surface area (Å²) in [6.07, 6.45) is 3.34. The van der Waals surface area contributed by atoms with Gasteiger partial charge in [-0.1, -0.05) is 11.6 Å². The van der Waals surface area contributed by atoms with Crippen molar-refractivity contribution in [2.24, 2.45) is 0 Å². The molecule has 6 heteroatoms. The van der Waals surface area contributed by atoms with Gasteiger partial charge in [-0.3, -0.25) is 9.78 Å². The quantitative estimate of drug-likeness (QED) is 0.802. The molecule has 0 saturated carbocycles. The van der Waals surface area contributed by atoms with E-state index in [0.29, 0.717) is 16.0 Å². The Bertz CT molecular complexity index is 613. The Kier molecular flexibility index (Phi) is 4.01. The van der Waals surface area contributed by atoms with E-state index in [1.54, 1.807) is 35.2 Å². The van der Waals surface area contributed by atoms with Crippen molar-refractivity contribution in [3.63, 3.8) is 0 Å². The number of rotatable bonds is 2. The van der Waals surface area contributed by atoms with E-state index in [9.17, 15) is 4.79 Å². The summed E-state index contributed by atoms with van der Waals surface area (Å²) in [6.45, 7) is 0.386. The summed E-state index contributed by atoms with van der Waals surface area (Å²) in [7, 11) is 0. The molecule has 0 aromatic carbocycles. The Morgan fingerprint density at radius 2 is 2.12 bits per heavy atom. The molecule has 0 atom stereocenters. The van der Waals surface area contributed by atoms with E-state index in [0.717, 1.165) is 10.2 Å². The fourth-order valence-electron chi connectivity index (χ4n) is 1.39. The molecule has 0 unspecified atom stereocenters. The topological polar surface area (TPSA) is 34.9 Å². The predicted octanol–water partition coefficient (Wildman–Crippen LogP) is 3.47. The molecular formula is C11H7Br2ClN2O. The zero-order chi connectivity index (χ0) is 12.4. The highest BCUT2D eigenvalue weighted by atomic mass is 79.9. The van der Waals surface area contributed by atoms with E-state index in [2.05, 4.69) is 36.8 Å². The van der Waals surface area contributed by atoms with Crippen LogP contribution in [-0.2, 0) is 6.54 Å². The summed E-state index contributed by atoms with van der Waals surface area (Å²) >= 11 is 12.4. The number of hydrogen-bond donors (Lipinski definition) is 0. The Labute approximate surface area is 120 Å². The summed E-state index contributed by atoms with van der Waals surface area (Å²) < 4.78 is 2.90. The van der Waals surface area contributed by atoms with Gasteiger partial charge in [0.05, 0.1) is 16.7 Å². The third-order valence-corrected chi connectivity index (χ3v) is 3.36. The fraction of sp³-hybridized carbons (Fsp3) is 0.0909. The lowest BCUT2D eigenvalue weighted by molar-refractivity contribution is 0.733. The second-order valence-electron chi connectivity index (χ2n) is 3.40. The summed E-state index contributed by atoms with van der Waals surface area (Å²) in [5.74, 6) is 0. The molecule has 2 aromatic rings. The van der Waals surface area contributed by atoms with Crippen LogP contribution in [0.4, 0.5) is 0 Å². The highest BCUT2D eigenvalue weighted by Gasteiger charge is 2.05. The van der Waals surface area contributed by atoms with Crippen molar-refractivity contribution in [1.82, 2.24) is 9.55 Å². The van der Waals surface area contributed by atoms with Gasteiger partial charge in [-0.05, 0) is 50.1 Å². The minimum Gasteiger partial charge on any atom is -0.307 e. The van der Waals surface area contributed by atoms with Crippen LogP contribution in [0.3, 0.4) is 0 Å². The molecule has 0 saturated heterocycles. The van der Waals surface area contributed by atoms with Crippen molar-refractivity contribution >= 4 is 43.5 Å². The molecule has 0 fully saturated rings. The highest BCUT2D eigenvalue weighted by Crippen LogP contribution is 2.14. The van der Waals surface area contributed by atoms with Crippen LogP contribution < -0.4 is 5.56 Å². The van der Waals surface area contributed by atoms with Crippen molar-refractivity contribution < 1.29 is 0 Å². The molecule has 0 radical (unpaired) electrons. The average Bonchev–Trinajstić information content (AvgIpc) is 2.25. The minimum absolute atomic E-state index is 0.102. The SMILES string of the molecule is O=c1c(Br)cc(Br)cn1Cc1cc(Cl)ccn1. The maximum Gasteiger partial charge on any atom is 0.265 e. The van der Waals surface area contributed by atoms with Crippen molar-refractivity contribution in [3.05, 3.63) is 60.6 Å². The Hall–Kier alpha value is -0.650. The Morgan fingerprint density at radius 1 is 1.35 bits per heavy atom. The van der Waals surface area contributed by atoms with E-state index in [1.165, 1.54) is 0 Å². The molecule has 2 heterocycles. The Morgan fingerprint density at radius 3 is 2.82 bits per heavy atom. The van der Waals surface area contributed by atoms with Crippen molar-refractivity contribution in [2.45, 2.75) is 6.54 Å². The third-order valence-electron chi connectivity index (χ3n) is 2.12. The van der Waals surface area contributed by atoms with Gasteiger partial charge in [0.1, 0.15) is 0 Å². The van der Waals surface area contributed by atoms with E-state index < -0.39 is 0 Å². The average molecular weight is 378 g/mol. The molecule has 0 aliphatic rings. The van der Waals surface area contributed by atoms with Crippen LogP contribution in [0.5, 0.6) is 0 Å². The molecule has 0 N–H and O–H groups in total. The number of pyridine rings is 2. The summed E-state index contributed by atoms with van der Waals surface area (Å²) in [4.78, 5) is 16.0. The maximum absolute atomic E-state index is 11.8. The first-order valence-electron chi connectivity index (χ1n) is 4.72. The second kappa shape index (κ2) is 5.33. The van der Waals surface area contributed by atoms with E-state index in [4.69, 9.17) is 11.6 Å². The van der Waals surface area contributed by atoms with E-state index >= 15 is 0 Å². The molecule has 88 valence electrons. The number of nitrogens with zero attached hydrogens (tertiary/aromatic N) is 2. The lowest BCUT2D eigenvalue weighted by Gasteiger charge is -2.06. The van der Waals surface area contributed by atoms with Gasteiger partial charge in [-0.2, -0.15) is 0 Å². The minimum atomic E-state index is -0.102. The van der Waals surface area contributed by atoms with Crippen LogP contribution in [0.25, 0.3) is 0 Å². The molecule has 2 rings (SSSR count). The Balaban J connectivity index is 2.40. The van der Waals surface area contributed by atoms with Crippen molar-refractivity contribution in [1.29, 1.82) is 0 Å². The fourth-order valence-corrected chi connectivity index (χ4v) is 2.83. The van der Waals surface area contributed by atoms with Crippen molar-refractivity contribution in [2.75, 3.05) is 0 Å². The van der Waals surface area contributed by atoms with Gasteiger partial charge in [0.25, 0.3) is 5.56 Å².